The monoisotopic (exact) mass is 433 g/mol. The fraction of sp³-hybridized carbons (Fsp3) is 0.227. The molecule has 0 saturated carbocycles. The molecule has 1 spiro atoms. The number of rotatable bonds is 4. The van der Waals surface area contributed by atoms with Crippen molar-refractivity contribution in [3.8, 4) is 0 Å². The van der Waals surface area contributed by atoms with Gasteiger partial charge in [-0.1, -0.05) is 24.3 Å². The van der Waals surface area contributed by atoms with E-state index in [1.165, 1.54) is 24.3 Å². The van der Waals surface area contributed by atoms with Gasteiger partial charge in [0.1, 0.15) is 11.4 Å². The van der Waals surface area contributed by atoms with Crippen LogP contribution < -0.4 is 16.4 Å². The number of anilines is 3. The normalized spacial score (nSPS) is 19.7. The van der Waals surface area contributed by atoms with Crippen molar-refractivity contribution in [3.63, 3.8) is 0 Å². The third-order valence-electron chi connectivity index (χ3n) is 5.75. The first kappa shape index (κ1) is 19.9. The lowest BCUT2D eigenvalue weighted by atomic mass is 9.76. The highest BCUT2D eigenvalue weighted by Crippen LogP contribution is 2.40. The Morgan fingerprint density at radius 1 is 1.09 bits per heavy atom. The fourth-order valence-electron chi connectivity index (χ4n) is 4.32. The van der Waals surface area contributed by atoms with Crippen LogP contribution in [0.2, 0.25) is 0 Å². The number of carbonyl (C=O) groups is 2. The molecule has 2 aromatic carbocycles. The summed E-state index contributed by atoms with van der Waals surface area (Å²) in [5, 5.41) is 5.82. The van der Waals surface area contributed by atoms with E-state index in [1.54, 1.807) is 0 Å². The molecule has 1 saturated heterocycles. The summed E-state index contributed by atoms with van der Waals surface area (Å²) < 4.78 is 13.1. The summed E-state index contributed by atoms with van der Waals surface area (Å²) in [5.74, 6) is -0.482. The molecule has 1 aliphatic carbocycles. The molecule has 2 heterocycles. The number of carbonyl (C=O) groups excluding carboxylic acids is 2. The second kappa shape index (κ2) is 7.56. The highest BCUT2D eigenvalue weighted by Gasteiger charge is 2.54. The maximum Gasteiger partial charge on any atom is 0.325 e. The summed E-state index contributed by atoms with van der Waals surface area (Å²) in [5.41, 5.74) is 7.19. The van der Waals surface area contributed by atoms with Crippen LogP contribution in [-0.4, -0.2) is 31.8 Å². The number of amides is 3. The number of nitrogens with zero attached hydrogens (tertiary/aromatic N) is 4. The van der Waals surface area contributed by atoms with E-state index in [-0.39, 0.29) is 36.0 Å². The van der Waals surface area contributed by atoms with Gasteiger partial charge in [0.15, 0.2) is 5.82 Å². The number of nitrogens with two attached hydrogens (primary N) is 1. The molecule has 0 radical (unpaired) electrons. The predicted octanol–water partition coefficient (Wildman–Crippen LogP) is 2.62. The van der Waals surface area contributed by atoms with E-state index in [0.29, 0.717) is 12.1 Å². The van der Waals surface area contributed by atoms with Crippen LogP contribution in [0.25, 0.3) is 0 Å². The smallest absolute Gasteiger partial charge is 0.325 e. The topological polar surface area (TPSA) is 126 Å². The Labute approximate surface area is 182 Å². The van der Waals surface area contributed by atoms with Crippen LogP contribution in [-0.2, 0) is 23.3 Å². The lowest BCUT2D eigenvalue weighted by Crippen LogP contribution is -2.46. The predicted molar refractivity (Wildman–Crippen MR) is 114 cm³/mol. The molecule has 0 bridgehead atoms. The van der Waals surface area contributed by atoms with Crippen LogP contribution in [0.15, 0.2) is 48.5 Å². The molecule has 3 aromatic rings. The third-order valence-corrected chi connectivity index (χ3v) is 5.75. The zero-order valence-electron chi connectivity index (χ0n) is 17.0. The van der Waals surface area contributed by atoms with E-state index in [1.807, 2.05) is 24.3 Å². The van der Waals surface area contributed by atoms with E-state index in [2.05, 4.69) is 25.6 Å². The van der Waals surface area contributed by atoms with E-state index in [9.17, 15) is 14.0 Å². The molecule has 5 rings (SSSR count). The molecule has 1 atom stereocenters. The Morgan fingerprint density at radius 2 is 1.88 bits per heavy atom. The lowest BCUT2D eigenvalue weighted by molar-refractivity contribution is -0.132. The van der Waals surface area contributed by atoms with Gasteiger partial charge in [0.25, 0.3) is 5.91 Å². The van der Waals surface area contributed by atoms with Crippen LogP contribution in [0.4, 0.5) is 26.8 Å². The van der Waals surface area contributed by atoms with E-state index < -0.39 is 11.6 Å². The van der Waals surface area contributed by atoms with Crippen LogP contribution in [0.3, 0.4) is 0 Å². The summed E-state index contributed by atoms with van der Waals surface area (Å²) >= 11 is 0. The fourth-order valence-corrected chi connectivity index (χ4v) is 4.32. The second-order valence-corrected chi connectivity index (χ2v) is 7.80. The number of hydrogen-bond acceptors (Lipinski definition) is 7. The molecular formula is C22H20FN7O2. The van der Waals surface area contributed by atoms with Gasteiger partial charge in [0.05, 0.1) is 6.54 Å². The van der Waals surface area contributed by atoms with Gasteiger partial charge in [-0.25, -0.2) is 9.18 Å². The maximum atomic E-state index is 13.4. The molecule has 1 aromatic heterocycles. The summed E-state index contributed by atoms with van der Waals surface area (Å²) in [6, 6.07) is 12.8. The minimum absolute atomic E-state index is 0.0654. The van der Waals surface area contributed by atoms with Gasteiger partial charge < -0.3 is 16.4 Å². The summed E-state index contributed by atoms with van der Waals surface area (Å²) in [4.78, 5) is 39.7. The molecule has 10 heteroatoms. The van der Waals surface area contributed by atoms with Gasteiger partial charge in [-0.2, -0.15) is 15.0 Å². The summed E-state index contributed by atoms with van der Waals surface area (Å²) in [6.07, 6.45) is 2.19. The Kier molecular flexibility index (Phi) is 4.69. The van der Waals surface area contributed by atoms with E-state index in [0.717, 1.165) is 28.9 Å². The van der Waals surface area contributed by atoms with Crippen LogP contribution in [0, 0.1) is 5.82 Å². The number of benzene rings is 2. The molecule has 3 amide bonds. The van der Waals surface area contributed by atoms with Gasteiger partial charge >= 0.3 is 6.03 Å². The average molecular weight is 433 g/mol. The molecule has 4 N–H and O–H groups in total. The first-order chi connectivity index (χ1) is 15.4. The van der Waals surface area contributed by atoms with Crippen molar-refractivity contribution in [1.29, 1.82) is 0 Å². The highest BCUT2D eigenvalue weighted by atomic mass is 19.1. The van der Waals surface area contributed by atoms with Crippen molar-refractivity contribution < 1.29 is 14.0 Å². The number of hydrogen-bond donors (Lipinski definition) is 3. The molecule has 0 unspecified atom stereocenters. The van der Waals surface area contributed by atoms with Crippen molar-refractivity contribution in [2.45, 2.75) is 31.3 Å². The Bertz CT molecular complexity index is 1220. The Balaban J connectivity index is 1.41. The molecule has 1 fully saturated rings. The van der Waals surface area contributed by atoms with Crippen molar-refractivity contribution >= 4 is 29.5 Å². The molecule has 1 aliphatic heterocycles. The number of imide groups is 1. The average Bonchev–Trinajstić information content (AvgIpc) is 3.00. The first-order valence-corrected chi connectivity index (χ1v) is 10.2. The second-order valence-electron chi connectivity index (χ2n) is 7.80. The molecule has 9 nitrogen and oxygen atoms in total. The number of urea groups is 1. The van der Waals surface area contributed by atoms with Crippen molar-refractivity contribution in [3.05, 3.63) is 71.3 Å². The number of nitrogen functional groups attached to an aromatic ring is 1. The molecular weight excluding hydrogens is 413 g/mol. The van der Waals surface area contributed by atoms with Gasteiger partial charge in [-0.05, 0) is 54.7 Å². The zero-order chi connectivity index (χ0) is 22.3. The van der Waals surface area contributed by atoms with Crippen molar-refractivity contribution in [1.82, 2.24) is 25.2 Å². The minimum atomic E-state index is -1.07. The van der Waals surface area contributed by atoms with Crippen molar-refractivity contribution in [2.75, 3.05) is 11.1 Å². The first-order valence-electron chi connectivity index (χ1n) is 10.2. The van der Waals surface area contributed by atoms with E-state index >= 15 is 0 Å². The van der Waals surface area contributed by atoms with Gasteiger partial charge in [-0.15, -0.1) is 0 Å². The number of halogens is 1. The largest absolute Gasteiger partial charge is 0.368 e. The molecule has 162 valence electrons. The lowest BCUT2D eigenvalue weighted by Gasteiger charge is -2.33. The summed E-state index contributed by atoms with van der Waals surface area (Å²) in [6.45, 7) is -0.153. The third kappa shape index (κ3) is 3.39. The minimum Gasteiger partial charge on any atom is -0.368 e. The van der Waals surface area contributed by atoms with Crippen LogP contribution >= 0.6 is 0 Å². The standard InChI is InChI=1S/C22H20FN7O2/c23-14-7-9-15(10-8-14)25-20-27-17(26-19(24)28-20)12-30-18(31)22(29-21(30)32)11-3-5-13-4-1-2-6-16(13)22/h1-2,4,6-10H,3,5,11-12H2,(H,29,32)(H3,24,25,26,27,28)/t22-/m1/s1. The van der Waals surface area contributed by atoms with Gasteiger partial charge in [0.2, 0.25) is 11.9 Å². The SMILES string of the molecule is Nc1nc(CN2C(=O)N[C@@]3(CCCc4ccccc43)C2=O)nc(Nc2ccc(F)cc2)n1. The highest BCUT2D eigenvalue weighted by molar-refractivity contribution is 6.07. The van der Waals surface area contributed by atoms with Crippen LogP contribution in [0.1, 0.15) is 29.8 Å². The Hall–Kier alpha value is -4.08. The van der Waals surface area contributed by atoms with Crippen molar-refractivity contribution in [2.24, 2.45) is 0 Å². The maximum absolute atomic E-state index is 13.4. The zero-order valence-corrected chi connectivity index (χ0v) is 17.0. The number of aromatic nitrogens is 3. The van der Waals surface area contributed by atoms with Crippen LogP contribution in [0.5, 0.6) is 0 Å². The number of aryl methyl sites for hydroxylation is 1. The van der Waals surface area contributed by atoms with Gasteiger partial charge in [-0.3, -0.25) is 9.69 Å². The molecule has 32 heavy (non-hydrogen) atoms. The Morgan fingerprint density at radius 3 is 2.69 bits per heavy atom. The number of fused-ring (bicyclic) bond motifs is 2. The van der Waals surface area contributed by atoms with Gasteiger partial charge in [0, 0.05) is 5.69 Å². The number of nitrogens with one attached hydrogen (secondary N) is 2. The molecule has 2 aliphatic rings. The summed E-state index contributed by atoms with van der Waals surface area (Å²) in [7, 11) is 0. The quantitative estimate of drug-likeness (QED) is 0.540. The van der Waals surface area contributed by atoms with E-state index in [4.69, 9.17) is 5.73 Å².